The number of benzene rings is 3. The highest BCUT2D eigenvalue weighted by atomic mass is 32.2. The van der Waals surface area contributed by atoms with Crippen LogP contribution in [0.5, 0.6) is 5.75 Å². The minimum Gasteiger partial charge on any atom is -0.497 e. The fraction of sp³-hybridized carbons (Fsp3) is 0.259. The van der Waals surface area contributed by atoms with Gasteiger partial charge in [0.05, 0.1) is 41.5 Å². The Balaban J connectivity index is 1.42. The molecule has 1 amide bonds. The molecular formula is C27H25N5O5S2. The van der Waals surface area contributed by atoms with Crippen LogP contribution in [0, 0.1) is 0 Å². The topological polar surface area (TPSA) is 125 Å². The zero-order valence-electron chi connectivity index (χ0n) is 21.0. The van der Waals surface area contributed by atoms with Crippen molar-refractivity contribution in [2.75, 3.05) is 7.11 Å². The molecule has 2 aromatic heterocycles. The summed E-state index contributed by atoms with van der Waals surface area (Å²) in [6.07, 6.45) is 5.18. The van der Waals surface area contributed by atoms with Gasteiger partial charge in [-0.3, -0.25) is 14.3 Å². The normalized spacial score (nSPS) is 14.6. The number of methoxy groups -OCH3 is 1. The first-order valence-electron chi connectivity index (χ1n) is 12.6. The molecule has 0 bridgehead atoms. The Kier molecular flexibility index (Phi) is 6.43. The number of fused-ring (bicyclic) bond motifs is 2. The molecule has 1 fully saturated rings. The third-order valence-corrected chi connectivity index (χ3v) is 9.05. The monoisotopic (exact) mass is 563 g/mol. The SMILES string of the molecule is COc1ccc(-n2c(=O)c3cc(C(=O)NS(=O)(=O)c4cccc5nsnc45)ccc3n2C2CCCCC2)cc1. The van der Waals surface area contributed by atoms with Gasteiger partial charge < -0.3 is 4.74 Å². The number of aromatic nitrogens is 4. The van der Waals surface area contributed by atoms with Crippen LogP contribution < -0.4 is 15.0 Å². The van der Waals surface area contributed by atoms with E-state index in [2.05, 4.69) is 13.5 Å². The van der Waals surface area contributed by atoms with Crippen molar-refractivity contribution in [3.05, 3.63) is 76.6 Å². The van der Waals surface area contributed by atoms with Gasteiger partial charge in [0.2, 0.25) is 0 Å². The Morgan fingerprint density at radius 2 is 1.79 bits per heavy atom. The van der Waals surface area contributed by atoms with Crippen LogP contribution >= 0.6 is 11.7 Å². The van der Waals surface area contributed by atoms with Gasteiger partial charge in [-0.1, -0.05) is 25.3 Å². The molecule has 5 aromatic rings. The lowest BCUT2D eigenvalue weighted by atomic mass is 9.95. The predicted octanol–water partition coefficient (Wildman–Crippen LogP) is 4.43. The number of ether oxygens (including phenoxy) is 1. The van der Waals surface area contributed by atoms with E-state index in [9.17, 15) is 18.0 Å². The first-order chi connectivity index (χ1) is 18.9. The van der Waals surface area contributed by atoms with Crippen molar-refractivity contribution < 1.29 is 17.9 Å². The van der Waals surface area contributed by atoms with E-state index in [1.165, 1.54) is 12.1 Å². The lowest BCUT2D eigenvalue weighted by Gasteiger charge is -2.26. The van der Waals surface area contributed by atoms with Crippen LogP contribution in [0.1, 0.15) is 48.5 Å². The molecule has 1 N–H and O–H groups in total. The summed E-state index contributed by atoms with van der Waals surface area (Å²) in [6, 6.07) is 16.7. The third-order valence-electron chi connectivity index (χ3n) is 7.15. The van der Waals surface area contributed by atoms with E-state index in [0.717, 1.165) is 43.8 Å². The molecule has 0 atom stereocenters. The van der Waals surface area contributed by atoms with Crippen molar-refractivity contribution in [3.63, 3.8) is 0 Å². The number of nitrogens with zero attached hydrogens (tertiary/aromatic N) is 4. The number of amides is 1. The van der Waals surface area contributed by atoms with Crippen LogP contribution in [0.4, 0.5) is 0 Å². The molecule has 1 aliphatic carbocycles. The average Bonchev–Trinajstić information content (AvgIpc) is 3.55. The summed E-state index contributed by atoms with van der Waals surface area (Å²) in [5.41, 5.74) is 1.79. The molecule has 3 aromatic carbocycles. The van der Waals surface area contributed by atoms with Gasteiger partial charge in [0.25, 0.3) is 21.5 Å². The number of rotatable bonds is 6. The maximum atomic E-state index is 13.8. The van der Waals surface area contributed by atoms with Gasteiger partial charge >= 0.3 is 0 Å². The number of hydrogen-bond acceptors (Lipinski definition) is 8. The standard InChI is InChI=1S/C27H25N5O5S2/c1-37-20-13-11-19(12-14-20)32-27(34)21-16-17(10-15-23(21)31(32)18-6-3-2-4-7-18)26(33)30-39(35,36)24-9-5-8-22-25(24)29-38-28-22/h5,8-16,18H,2-4,6-7H2,1H3,(H,30,33). The summed E-state index contributed by atoms with van der Waals surface area (Å²) in [7, 11) is -2.65. The Morgan fingerprint density at radius 3 is 2.54 bits per heavy atom. The van der Waals surface area contributed by atoms with Gasteiger partial charge in [-0.25, -0.2) is 17.8 Å². The van der Waals surface area contributed by atoms with Crippen molar-refractivity contribution >= 4 is 49.6 Å². The second-order valence-electron chi connectivity index (χ2n) is 9.51. The third kappa shape index (κ3) is 4.49. The second kappa shape index (κ2) is 9.93. The van der Waals surface area contributed by atoms with E-state index in [1.54, 1.807) is 48.2 Å². The fourth-order valence-corrected chi connectivity index (χ4v) is 6.99. The van der Waals surface area contributed by atoms with E-state index < -0.39 is 15.9 Å². The molecule has 12 heteroatoms. The van der Waals surface area contributed by atoms with E-state index >= 15 is 0 Å². The summed E-state index contributed by atoms with van der Waals surface area (Å²) in [5, 5.41) is 0.340. The molecule has 0 aliphatic heterocycles. The molecule has 0 saturated heterocycles. The van der Waals surface area contributed by atoms with Gasteiger partial charge in [0.1, 0.15) is 21.7 Å². The van der Waals surface area contributed by atoms with Gasteiger partial charge in [-0.05, 0) is 67.4 Å². The van der Waals surface area contributed by atoms with Crippen molar-refractivity contribution in [1.29, 1.82) is 0 Å². The summed E-state index contributed by atoms with van der Waals surface area (Å²) in [5.74, 6) is -0.158. The number of carbonyl (C=O) groups is 1. The Morgan fingerprint density at radius 1 is 1.03 bits per heavy atom. The van der Waals surface area contributed by atoms with Crippen molar-refractivity contribution in [3.8, 4) is 11.4 Å². The first-order valence-corrected chi connectivity index (χ1v) is 14.8. The molecule has 0 radical (unpaired) electrons. The molecule has 10 nitrogen and oxygen atoms in total. The van der Waals surface area contributed by atoms with Crippen LogP contribution in [0.15, 0.2) is 70.4 Å². The fourth-order valence-electron chi connectivity index (χ4n) is 5.25. The highest BCUT2D eigenvalue weighted by molar-refractivity contribution is 7.90. The van der Waals surface area contributed by atoms with Gasteiger partial charge in [-0.2, -0.15) is 8.75 Å². The summed E-state index contributed by atoms with van der Waals surface area (Å²) < 4.78 is 45.4. The van der Waals surface area contributed by atoms with Crippen molar-refractivity contribution in [2.24, 2.45) is 0 Å². The van der Waals surface area contributed by atoms with Gasteiger partial charge in [-0.15, -0.1) is 0 Å². The molecule has 39 heavy (non-hydrogen) atoms. The molecule has 200 valence electrons. The van der Waals surface area contributed by atoms with Crippen LogP contribution in [-0.2, 0) is 10.0 Å². The first kappa shape index (κ1) is 25.3. The van der Waals surface area contributed by atoms with Crippen LogP contribution in [-0.4, -0.2) is 39.5 Å². The molecule has 6 rings (SSSR count). The largest absolute Gasteiger partial charge is 0.497 e. The van der Waals surface area contributed by atoms with E-state index in [0.29, 0.717) is 27.9 Å². The Labute approximate surface area is 228 Å². The number of nitrogens with one attached hydrogen (secondary N) is 1. The maximum Gasteiger partial charge on any atom is 0.279 e. The highest BCUT2D eigenvalue weighted by Crippen LogP contribution is 2.32. The summed E-state index contributed by atoms with van der Waals surface area (Å²) >= 11 is 0.893. The quantitative estimate of drug-likeness (QED) is 0.324. The summed E-state index contributed by atoms with van der Waals surface area (Å²) in [4.78, 5) is 26.8. The number of carbonyl (C=O) groups excluding carboxylic acids is 1. The van der Waals surface area contributed by atoms with Crippen LogP contribution in [0.2, 0.25) is 0 Å². The van der Waals surface area contributed by atoms with Crippen molar-refractivity contribution in [2.45, 2.75) is 43.0 Å². The van der Waals surface area contributed by atoms with Crippen molar-refractivity contribution in [1.82, 2.24) is 22.8 Å². The van der Waals surface area contributed by atoms with E-state index in [-0.39, 0.29) is 27.6 Å². The number of sulfonamides is 1. The highest BCUT2D eigenvalue weighted by Gasteiger charge is 2.26. The molecule has 2 heterocycles. The Hall–Kier alpha value is -4.03. The van der Waals surface area contributed by atoms with E-state index in [4.69, 9.17) is 4.74 Å². The molecule has 0 spiro atoms. The minimum absolute atomic E-state index is 0.0643. The molecule has 1 saturated carbocycles. The lowest BCUT2D eigenvalue weighted by Crippen LogP contribution is -2.30. The average molecular weight is 564 g/mol. The van der Waals surface area contributed by atoms with Crippen LogP contribution in [0.25, 0.3) is 27.6 Å². The summed E-state index contributed by atoms with van der Waals surface area (Å²) in [6.45, 7) is 0. The predicted molar refractivity (Wildman–Crippen MR) is 148 cm³/mol. The molecule has 1 aliphatic rings. The maximum absolute atomic E-state index is 13.8. The van der Waals surface area contributed by atoms with Crippen LogP contribution in [0.3, 0.4) is 0 Å². The smallest absolute Gasteiger partial charge is 0.279 e. The lowest BCUT2D eigenvalue weighted by molar-refractivity contribution is 0.0981. The number of hydrogen-bond donors (Lipinski definition) is 1. The minimum atomic E-state index is -4.23. The Bertz CT molecular complexity index is 1870. The van der Waals surface area contributed by atoms with E-state index in [1.807, 2.05) is 16.8 Å². The van der Waals surface area contributed by atoms with Gasteiger partial charge in [0.15, 0.2) is 0 Å². The van der Waals surface area contributed by atoms with Gasteiger partial charge in [0, 0.05) is 5.56 Å². The molecular weight excluding hydrogens is 538 g/mol. The zero-order chi connectivity index (χ0) is 27.1. The zero-order valence-corrected chi connectivity index (χ0v) is 22.7. The second-order valence-corrected chi connectivity index (χ2v) is 11.7. The molecule has 0 unspecified atom stereocenters.